The van der Waals surface area contributed by atoms with Crippen molar-refractivity contribution in [1.82, 2.24) is 16.2 Å². The van der Waals surface area contributed by atoms with Crippen LogP contribution in [0.2, 0.25) is 0 Å². The number of nitrogens with one attached hydrogen (secondary N) is 3. The number of hydrogen-bond donors (Lipinski definition) is 3. The molecule has 0 aromatic heterocycles. The lowest BCUT2D eigenvalue weighted by molar-refractivity contribution is 0.313. The smallest absolute Gasteiger partial charge is 0.185 e. The van der Waals surface area contributed by atoms with E-state index in [-0.39, 0.29) is 5.41 Å². The minimum atomic E-state index is 0.251. The first-order valence-electron chi connectivity index (χ1n) is 7.50. The van der Waals surface area contributed by atoms with Crippen molar-refractivity contribution in [2.75, 3.05) is 0 Å². The van der Waals surface area contributed by atoms with Crippen molar-refractivity contribution in [3.63, 3.8) is 0 Å². The third-order valence-electron chi connectivity index (χ3n) is 3.64. The van der Waals surface area contributed by atoms with Crippen molar-refractivity contribution >= 4 is 17.3 Å². The summed E-state index contributed by atoms with van der Waals surface area (Å²) in [4.78, 5) is 0. The van der Waals surface area contributed by atoms with Crippen LogP contribution in [-0.4, -0.2) is 5.11 Å². The van der Waals surface area contributed by atoms with Crippen LogP contribution in [0.3, 0.4) is 0 Å². The predicted molar refractivity (Wildman–Crippen MR) is 92.4 cm³/mol. The van der Waals surface area contributed by atoms with Crippen LogP contribution < -0.4 is 16.2 Å². The topological polar surface area (TPSA) is 36.1 Å². The highest BCUT2D eigenvalue weighted by molar-refractivity contribution is 7.80. The van der Waals surface area contributed by atoms with Crippen LogP contribution >= 0.6 is 12.2 Å². The Kier molecular flexibility index (Phi) is 5.23. The van der Waals surface area contributed by atoms with Crippen molar-refractivity contribution < 1.29 is 0 Å². The first kappa shape index (κ1) is 15.8. The minimum absolute atomic E-state index is 0.251. The summed E-state index contributed by atoms with van der Waals surface area (Å²) in [6.07, 6.45) is 4.60. The fourth-order valence-electron chi connectivity index (χ4n) is 2.98. The van der Waals surface area contributed by atoms with Gasteiger partial charge in [0.2, 0.25) is 0 Å². The molecule has 1 aliphatic carbocycles. The van der Waals surface area contributed by atoms with Gasteiger partial charge in [-0.2, -0.15) is 0 Å². The first-order chi connectivity index (χ1) is 9.94. The Morgan fingerprint density at radius 1 is 1.29 bits per heavy atom. The second kappa shape index (κ2) is 6.94. The van der Waals surface area contributed by atoms with Gasteiger partial charge in [0.15, 0.2) is 5.11 Å². The molecule has 0 saturated heterocycles. The first-order valence-corrected chi connectivity index (χ1v) is 7.91. The van der Waals surface area contributed by atoms with Crippen molar-refractivity contribution in [2.24, 2.45) is 11.3 Å². The second-order valence-corrected chi connectivity index (χ2v) is 7.00. The van der Waals surface area contributed by atoms with Crippen LogP contribution in [-0.2, 0) is 6.54 Å². The molecule has 4 heteroatoms. The van der Waals surface area contributed by atoms with Crippen LogP contribution in [0, 0.1) is 11.3 Å². The van der Waals surface area contributed by atoms with Gasteiger partial charge in [-0.25, -0.2) is 0 Å². The Bertz CT molecular complexity index is 508. The zero-order chi connectivity index (χ0) is 15.3. The number of hydrogen-bond acceptors (Lipinski definition) is 2. The SMILES string of the molecule is C[C@@H]1CC(NNC(=S)NCc2ccccc2)=CC(C)(C)C1. The van der Waals surface area contributed by atoms with Gasteiger partial charge in [-0.3, -0.25) is 5.43 Å². The van der Waals surface area contributed by atoms with Gasteiger partial charge in [-0.15, -0.1) is 0 Å². The summed E-state index contributed by atoms with van der Waals surface area (Å²) in [7, 11) is 0. The summed E-state index contributed by atoms with van der Waals surface area (Å²) in [6, 6.07) is 10.2. The molecule has 114 valence electrons. The van der Waals surface area contributed by atoms with E-state index in [2.05, 4.69) is 55.1 Å². The molecule has 1 aliphatic rings. The third kappa shape index (κ3) is 5.38. The average molecular weight is 303 g/mol. The van der Waals surface area contributed by atoms with Gasteiger partial charge in [0.25, 0.3) is 0 Å². The van der Waals surface area contributed by atoms with Crippen LogP contribution in [0.25, 0.3) is 0 Å². The van der Waals surface area contributed by atoms with Crippen molar-refractivity contribution in [3.05, 3.63) is 47.7 Å². The highest BCUT2D eigenvalue weighted by Gasteiger charge is 2.25. The highest BCUT2D eigenvalue weighted by Crippen LogP contribution is 2.35. The fourth-order valence-corrected chi connectivity index (χ4v) is 3.10. The lowest BCUT2D eigenvalue weighted by Gasteiger charge is -2.32. The maximum Gasteiger partial charge on any atom is 0.185 e. The standard InChI is InChI=1S/C17H25N3S/c1-13-9-15(11-17(2,3)10-13)19-20-16(21)18-12-14-7-5-4-6-8-14/h4-8,11,13,19H,9-10,12H2,1-3H3,(H2,18,20,21)/t13-/m1/s1. The van der Waals surface area contributed by atoms with Crippen LogP contribution in [0.4, 0.5) is 0 Å². The molecule has 0 saturated carbocycles. The molecule has 1 aromatic carbocycles. The zero-order valence-electron chi connectivity index (χ0n) is 13.1. The Morgan fingerprint density at radius 3 is 2.67 bits per heavy atom. The van der Waals surface area contributed by atoms with E-state index in [1.807, 2.05) is 18.2 Å². The molecular formula is C17H25N3S. The highest BCUT2D eigenvalue weighted by atomic mass is 32.1. The molecule has 0 amide bonds. The van der Waals surface area contributed by atoms with Gasteiger partial charge in [-0.1, -0.05) is 57.2 Å². The van der Waals surface area contributed by atoms with Gasteiger partial charge in [0, 0.05) is 12.2 Å². The molecule has 1 atom stereocenters. The lowest BCUT2D eigenvalue weighted by atomic mass is 9.76. The van der Waals surface area contributed by atoms with E-state index in [9.17, 15) is 0 Å². The summed E-state index contributed by atoms with van der Waals surface area (Å²) in [5, 5.41) is 3.82. The summed E-state index contributed by atoms with van der Waals surface area (Å²) in [6.45, 7) is 7.57. The Morgan fingerprint density at radius 2 is 2.00 bits per heavy atom. The number of hydrazine groups is 1. The lowest BCUT2D eigenvalue weighted by Crippen LogP contribution is -2.44. The van der Waals surface area contributed by atoms with Crippen LogP contribution in [0.15, 0.2) is 42.1 Å². The van der Waals surface area contributed by atoms with Crippen molar-refractivity contribution in [3.8, 4) is 0 Å². The Hall–Kier alpha value is -1.55. The van der Waals surface area contributed by atoms with E-state index in [1.165, 1.54) is 17.7 Å². The second-order valence-electron chi connectivity index (χ2n) is 6.59. The molecule has 0 bridgehead atoms. The molecule has 0 heterocycles. The summed E-state index contributed by atoms with van der Waals surface area (Å²) < 4.78 is 0. The molecule has 21 heavy (non-hydrogen) atoms. The molecule has 3 N–H and O–H groups in total. The number of rotatable bonds is 4. The fraction of sp³-hybridized carbons (Fsp3) is 0.471. The van der Waals surface area contributed by atoms with Crippen molar-refractivity contribution in [1.29, 1.82) is 0 Å². The molecular weight excluding hydrogens is 278 g/mol. The third-order valence-corrected chi connectivity index (χ3v) is 3.89. The maximum absolute atomic E-state index is 5.30. The number of allylic oxidation sites excluding steroid dienone is 2. The van der Waals surface area contributed by atoms with Gasteiger partial charge >= 0.3 is 0 Å². The van der Waals surface area contributed by atoms with E-state index in [4.69, 9.17) is 12.2 Å². The molecule has 0 radical (unpaired) electrons. The van der Waals surface area contributed by atoms with Crippen LogP contribution in [0.1, 0.15) is 39.2 Å². The van der Waals surface area contributed by atoms with Gasteiger partial charge in [0.05, 0.1) is 0 Å². The monoisotopic (exact) mass is 303 g/mol. The normalized spacial score (nSPS) is 20.3. The molecule has 0 aliphatic heterocycles. The number of thiocarbonyl (C=S) groups is 1. The quantitative estimate of drug-likeness (QED) is 0.588. The molecule has 0 fully saturated rings. The van der Waals surface area contributed by atoms with E-state index in [1.54, 1.807) is 0 Å². The summed E-state index contributed by atoms with van der Waals surface area (Å²) in [5.74, 6) is 0.695. The Labute approximate surface area is 133 Å². The van der Waals surface area contributed by atoms with E-state index in [0.717, 1.165) is 13.0 Å². The summed E-state index contributed by atoms with van der Waals surface area (Å²) in [5.41, 5.74) is 9.03. The molecule has 2 rings (SSSR count). The van der Waals surface area contributed by atoms with Crippen molar-refractivity contribution in [2.45, 2.75) is 40.2 Å². The molecule has 1 aromatic rings. The van der Waals surface area contributed by atoms with Gasteiger partial charge < -0.3 is 10.7 Å². The average Bonchev–Trinajstić information content (AvgIpc) is 2.42. The molecule has 0 spiro atoms. The minimum Gasteiger partial charge on any atom is -0.357 e. The van der Waals surface area contributed by atoms with Crippen LogP contribution in [0.5, 0.6) is 0 Å². The zero-order valence-corrected chi connectivity index (χ0v) is 13.9. The molecule has 0 unspecified atom stereocenters. The van der Waals surface area contributed by atoms with E-state index in [0.29, 0.717) is 11.0 Å². The number of benzene rings is 1. The van der Waals surface area contributed by atoms with Gasteiger partial charge in [0.1, 0.15) is 0 Å². The predicted octanol–water partition coefficient (Wildman–Crippen LogP) is 3.50. The summed E-state index contributed by atoms with van der Waals surface area (Å²) >= 11 is 5.30. The Balaban J connectivity index is 1.77. The maximum atomic E-state index is 5.30. The largest absolute Gasteiger partial charge is 0.357 e. The van der Waals surface area contributed by atoms with E-state index < -0.39 is 0 Å². The molecule has 3 nitrogen and oxygen atoms in total. The van der Waals surface area contributed by atoms with E-state index >= 15 is 0 Å². The van der Waals surface area contributed by atoms with Gasteiger partial charge in [-0.05, 0) is 42.0 Å².